The average Bonchev–Trinajstić information content (AvgIpc) is 2.54. The molecule has 2 aromatic rings. The minimum atomic E-state index is -2.49. The molecule has 26 heavy (non-hydrogen) atoms. The minimum Gasteiger partial charge on any atom is -0.771 e. The molecule has 0 heterocycles. The summed E-state index contributed by atoms with van der Waals surface area (Å²) in [6.45, 7) is 0. The first kappa shape index (κ1) is 20.5. The Balaban J connectivity index is 2.58. The number of hydrogen-bond acceptors (Lipinski definition) is 6. The van der Waals surface area contributed by atoms with Crippen LogP contribution in [0.5, 0.6) is 0 Å². The highest BCUT2D eigenvalue weighted by Crippen LogP contribution is 2.37. The van der Waals surface area contributed by atoms with Gasteiger partial charge in [-0.3, -0.25) is 4.21 Å². The SMILES string of the molecule is NC(=O)OC(=O)c1cc(Cl)cc(N(CS(=O)[O-])c2ccc(Cl)cc2)c1Cl. The van der Waals surface area contributed by atoms with Gasteiger partial charge in [-0.25, -0.2) is 9.59 Å². The van der Waals surface area contributed by atoms with Gasteiger partial charge in [-0.2, -0.15) is 0 Å². The summed E-state index contributed by atoms with van der Waals surface area (Å²) in [4.78, 5) is 24.1. The molecule has 1 unspecified atom stereocenters. The Bertz CT molecular complexity index is 876. The maximum absolute atomic E-state index is 12.0. The van der Waals surface area contributed by atoms with E-state index in [4.69, 9.17) is 40.5 Å². The van der Waals surface area contributed by atoms with Gasteiger partial charge in [-0.05, 0) is 47.5 Å². The molecule has 0 aliphatic carbocycles. The van der Waals surface area contributed by atoms with Gasteiger partial charge in [0.15, 0.2) is 0 Å². The van der Waals surface area contributed by atoms with E-state index in [1.807, 2.05) is 0 Å². The molecule has 0 radical (unpaired) electrons. The van der Waals surface area contributed by atoms with Gasteiger partial charge < -0.3 is 19.9 Å². The van der Waals surface area contributed by atoms with E-state index in [9.17, 15) is 18.4 Å². The van der Waals surface area contributed by atoms with Crippen LogP contribution in [0, 0.1) is 0 Å². The molecule has 7 nitrogen and oxygen atoms in total. The quantitative estimate of drug-likeness (QED) is 0.432. The molecule has 0 bridgehead atoms. The first-order valence-electron chi connectivity index (χ1n) is 6.78. The Kier molecular flexibility index (Phi) is 6.85. The molecule has 0 spiro atoms. The van der Waals surface area contributed by atoms with Crippen LogP contribution in [-0.4, -0.2) is 26.7 Å². The Morgan fingerprint density at radius 1 is 1.12 bits per heavy atom. The summed E-state index contributed by atoms with van der Waals surface area (Å²) in [5.74, 6) is -1.60. The van der Waals surface area contributed by atoms with Gasteiger partial charge >= 0.3 is 12.1 Å². The molecule has 1 atom stereocenters. The molecule has 0 aromatic heterocycles. The van der Waals surface area contributed by atoms with Crippen molar-refractivity contribution in [3.8, 4) is 0 Å². The van der Waals surface area contributed by atoms with E-state index in [2.05, 4.69) is 4.74 Å². The van der Waals surface area contributed by atoms with Gasteiger partial charge in [0.05, 0.1) is 22.2 Å². The number of carbonyl (C=O) groups is 2. The minimum absolute atomic E-state index is 0.0662. The van der Waals surface area contributed by atoms with Crippen LogP contribution in [0.3, 0.4) is 0 Å². The van der Waals surface area contributed by atoms with Crippen LogP contribution in [-0.2, 0) is 15.8 Å². The lowest BCUT2D eigenvalue weighted by atomic mass is 10.1. The second-order valence-corrected chi connectivity index (χ2v) is 6.95. The summed E-state index contributed by atoms with van der Waals surface area (Å²) in [7, 11) is 0. The summed E-state index contributed by atoms with van der Waals surface area (Å²) in [5.41, 5.74) is 5.12. The van der Waals surface area contributed by atoms with Crippen molar-refractivity contribution in [1.29, 1.82) is 0 Å². The predicted molar refractivity (Wildman–Crippen MR) is 98.8 cm³/mol. The zero-order chi connectivity index (χ0) is 19.4. The van der Waals surface area contributed by atoms with Crippen LogP contribution in [0.4, 0.5) is 16.2 Å². The standard InChI is InChI=1S/C15H11Cl3N2O5S/c16-8-1-3-10(4-2-8)20(7-26(23)24)12-6-9(17)5-11(13(12)18)14(21)25-15(19)22/h1-6H,7H2,(H2,19,22)(H,23,24)/p-1. The van der Waals surface area contributed by atoms with Crippen molar-refractivity contribution in [2.24, 2.45) is 5.73 Å². The number of rotatable bonds is 5. The highest BCUT2D eigenvalue weighted by atomic mass is 35.5. The van der Waals surface area contributed by atoms with E-state index in [0.29, 0.717) is 10.7 Å². The zero-order valence-electron chi connectivity index (χ0n) is 12.8. The molecule has 0 saturated heterocycles. The largest absolute Gasteiger partial charge is 0.771 e. The number of hydrogen-bond donors (Lipinski definition) is 1. The van der Waals surface area contributed by atoms with Crippen LogP contribution < -0.4 is 10.6 Å². The van der Waals surface area contributed by atoms with Gasteiger partial charge in [-0.1, -0.05) is 34.8 Å². The van der Waals surface area contributed by atoms with Crippen molar-refractivity contribution in [3.63, 3.8) is 0 Å². The molecule has 138 valence electrons. The van der Waals surface area contributed by atoms with E-state index in [-0.39, 0.29) is 21.3 Å². The van der Waals surface area contributed by atoms with Crippen LogP contribution in [0.2, 0.25) is 15.1 Å². The molecule has 0 aliphatic heterocycles. The van der Waals surface area contributed by atoms with Crippen LogP contribution in [0.1, 0.15) is 10.4 Å². The first-order valence-corrected chi connectivity index (χ1v) is 9.16. The molecule has 0 aliphatic rings. The molecular formula is C15H10Cl3N2O5S-. The van der Waals surface area contributed by atoms with Gasteiger partial charge in [0.2, 0.25) is 0 Å². The second-order valence-electron chi connectivity index (χ2n) is 4.83. The highest BCUT2D eigenvalue weighted by Gasteiger charge is 2.22. The number of esters is 1. The lowest BCUT2D eigenvalue weighted by Gasteiger charge is -2.27. The average molecular weight is 437 g/mol. The third-order valence-corrected chi connectivity index (χ3v) is 4.43. The zero-order valence-corrected chi connectivity index (χ0v) is 15.9. The molecule has 1 amide bonds. The summed E-state index contributed by atoms with van der Waals surface area (Å²) >= 11 is 15.6. The van der Waals surface area contributed by atoms with Crippen molar-refractivity contribution in [2.75, 3.05) is 10.8 Å². The van der Waals surface area contributed by atoms with Crippen molar-refractivity contribution >= 4 is 69.3 Å². The fraction of sp³-hybridized carbons (Fsp3) is 0.0667. The summed E-state index contributed by atoms with van der Waals surface area (Å²) in [5, 5.41) is 0.345. The smallest absolute Gasteiger partial charge is 0.412 e. The van der Waals surface area contributed by atoms with Gasteiger partial charge in [0.1, 0.15) is 0 Å². The molecule has 11 heteroatoms. The molecule has 0 saturated carbocycles. The third-order valence-electron chi connectivity index (χ3n) is 3.09. The summed E-state index contributed by atoms with van der Waals surface area (Å²) in [6.07, 6.45) is -1.32. The molecular weight excluding hydrogens is 427 g/mol. The number of halogens is 3. The van der Waals surface area contributed by atoms with E-state index in [1.54, 1.807) is 24.3 Å². The third kappa shape index (κ3) is 5.09. The fourth-order valence-corrected chi connectivity index (χ4v) is 3.20. The molecule has 2 aromatic carbocycles. The number of primary amides is 1. The predicted octanol–water partition coefficient (Wildman–Crippen LogP) is 3.86. The van der Waals surface area contributed by atoms with E-state index < -0.39 is 29.0 Å². The van der Waals surface area contributed by atoms with Gasteiger partial charge in [0, 0.05) is 15.7 Å². The number of amides is 1. The Hall–Kier alpha value is -1.84. The monoisotopic (exact) mass is 435 g/mol. The van der Waals surface area contributed by atoms with Crippen molar-refractivity contribution in [2.45, 2.75) is 0 Å². The van der Waals surface area contributed by atoms with Crippen molar-refractivity contribution in [1.82, 2.24) is 0 Å². The Morgan fingerprint density at radius 3 is 2.27 bits per heavy atom. The number of nitrogens with zero attached hydrogens (tertiary/aromatic N) is 1. The number of carbonyl (C=O) groups excluding carboxylic acids is 2. The number of ether oxygens (including phenoxy) is 1. The number of benzene rings is 2. The summed E-state index contributed by atoms with van der Waals surface area (Å²) < 4.78 is 26.9. The first-order chi connectivity index (χ1) is 12.2. The molecule has 2 rings (SSSR count). The number of nitrogens with two attached hydrogens (primary N) is 1. The normalized spacial score (nSPS) is 11.7. The Morgan fingerprint density at radius 2 is 1.73 bits per heavy atom. The summed E-state index contributed by atoms with van der Waals surface area (Å²) in [6, 6.07) is 8.78. The van der Waals surface area contributed by atoms with Gasteiger partial charge in [0.25, 0.3) is 0 Å². The lowest BCUT2D eigenvalue weighted by molar-refractivity contribution is 0.0638. The van der Waals surface area contributed by atoms with Crippen LogP contribution in [0.25, 0.3) is 0 Å². The lowest BCUT2D eigenvalue weighted by Crippen LogP contribution is -2.23. The van der Waals surface area contributed by atoms with Crippen LogP contribution >= 0.6 is 34.8 Å². The maximum Gasteiger partial charge on any atom is 0.412 e. The van der Waals surface area contributed by atoms with Crippen LogP contribution in [0.15, 0.2) is 36.4 Å². The molecule has 2 N–H and O–H groups in total. The fourth-order valence-electron chi connectivity index (χ4n) is 2.08. The van der Waals surface area contributed by atoms with E-state index in [0.717, 1.165) is 0 Å². The highest BCUT2D eigenvalue weighted by molar-refractivity contribution is 7.79. The van der Waals surface area contributed by atoms with E-state index in [1.165, 1.54) is 17.0 Å². The number of anilines is 2. The Labute approximate surface area is 165 Å². The second kappa shape index (κ2) is 8.70. The maximum atomic E-state index is 12.0. The van der Waals surface area contributed by atoms with Crippen molar-refractivity contribution < 1.29 is 23.1 Å². The van der Waals surface area contributed by atoms with Gasteiger partial charge in [-0.15, -0.1) is 0 Å². The van der Waals surface area contributed by atoms with E-state index >= 15 is 0 Å². The topological polar surface area (TPSA) is 113 Å². The van der Waals surface area contributed by atoms with Crippen molar-refractivity contribution in [3.05, 3.63) is 57.0 Å². The molecule has 0 fully saturated rings.